The molecule has 0 radical (unpaired) electrons. The Morgan fingerprint density at radius 2 is 1.86 bits per heavy atom. The van der Waals surface area contributed by atoms with Gasteiger partial charge in [-0.05, 0) is 29.8 Å². The highest BCUT2D eigenvalue weighted by Crippen LogP contribution is 2.29. The molecule has 1 fully saturated rings. The van der Waals surface area contributed by atoms with E-state index in [0.29, 0.717) is 35.3 Å². The first kappa shape index (κ1) is 23.5. The lowest BCUT2D eigenvalue weighted by Gasteiger charge is -2.26. The second kappa shape index (κ2) is 9.08. The summed E-state index contributed by atoms with van der Waals surface area (Å²) in [5.74, 6) is 0.426. The molecule has 0 saturated carbocycles. The van der Waals surface area contributed by atoms with Gasteiger partial charge in [0.1, 0.15) is 5.75 Å². The summed E-state index contributed by atoms with van der Waals surface area (Å²) >= 11 is 0. The van der Waals surface area contributed by atoms with E-state index in [0.717, 1.165) is 17.4 Å². The SMILES string of the molecule is COc1cccc(-c2cnc(-n3cc(S(C)(=O)=O)c4ccc(C(=O)N5CCNC(=O)C5)cc43)nc2)c1. The predicted molar refractivity (Wildman–Crippen MR) is 133 cm³/mol. The van der Waals surface area contributed by atoms with Crippen LogP contribution in [-0.2, 0) is 14.6 Å². The molecule has 3 heterocycles. The number of rotatable bonds is 5. The van der Waals surface area contributed by atoms with Gasteiger partial charge in [-0.15, -0.1) is 0 Å². The van der Waals surface area contributed by atoms with Crippen LogP contribution in [0.15, 0.2) is 66.0 Å². The summed E-state index contributed by atoms with van der Waals surface area (Å²) in [6, 6.07) is 12.3. The van der Waals surface area contributed by atoms with E-state index in [2.05, 4.69) is 15.3 Å². The fraction of sp³-hybridized carbons (Fsp3) is 0.200. The number of aromatic nitrogens is 3. The van der Waals surface area contributed by atoms with Crippen LogP contribution >= 0.6 is 0 Å². The first-order valence-electron chi connectivity index (χ1n) is 11.1. The van der Waals surface area contributed by atoms with Crippen LogP contribution in [0.1, 0.15) is 10.4 Å². The second-order valence-corrected chi connectivity index (χ2v) is 10.4. The summed E-state index contributed by atoms with van der Waals surface area (Å²) in [6.45, 7) is 0.753. The molecule has 1 N–H and O–H groups in total. The maximum Gasteiger partial charge on any atom is 0.254 e. The zero-order chi connectivity index (χ0) is 25.4. The number of hydrogen-bond donors (Lipinski definition) is 1. The van der Waals surface area contributed by atoms with E-state index in [1.54, 1.807) is 42.3 Å². The van der Waals surface area contributed by atoms with Gasteiger partial charge < -0.3 is 15.0 Å². The molecule has 1 aliphatic heterocycles. The highest BCUT2D eigenvalue weighted by atomic mass is 32.2. The number of sulfone groups is 1. The van der Waals surface area contributed by atoms with Crippen molar-refractivity contribution in [2.24, 2.45) is 0 Å². The Morgan fingerprint density at radius 3 is 2.56 bits per heavy atom. The number of nitrogens with one attached hydrogen (secondary N) is 1. The number of carbonyl (C=O) groups is 2. The minimum absolute atomic E-state index is 0.0265. The number of carbonyl (C=O) groups excluding carboxylic acids is 2. The number of amides is 2. The van der Waals surface area contributed by atoms with Crippen LogP contribution < -0.4 is 10.1 Å². The van der Waals surface area contributed by atoms with E-state index >= 15 is 0 Å². The molecule has 0 spiro atoms. The van der Waals surface area contributed by atoms with Crippen LogP contribution in [-0.4, -0.2) is 72.7 Å². The summed E-state index contributed by atoms with van der Waals surface area (Å²) in [5, 5.41) is 3.14. The van der Waals surface area contributed by atoms with E-state index in [4.69, 9.17) is 4.74 Å². The molecule has 4 aromatic rings. The van der Waals surface area contributed by atoms with Gasteiger partial charge in [0.05, 0.1) is 24.1 Å². The number of benzene rings is 2. The molecule has 11 heteroatoms. The molecule has 36 heavy (non-hydrogen) atoms. The second-order valence-electron chi connectivity index (χ2n) is 8.45. The van der Waals surface area contributed by atoms with E-state index in [9.17, 15) is 18.0 Å². The Balaban J connectivity index is 1.58. The molecular formula is C25H23N5O5S. The average Bonchev–Trinajstić information content (AvgIpc) is 3.28. The quantitative estimate of drug-likeness (QED) is 0.440. The van der Waals surface area contributed by atoms with Gasteiger partial charge in [-0.2, -0.15) is 0 Å². The molecule has 10 nitrogen and oxygen atoms in total. The molecule has 0 bridgehead atoms. The lowest BCUT2D eigenvalue weighted by Crippen LogP contribution is -2.49. The van der Waals surface area contributed by atoms with Crippen LogP contribution in [0, 0.1) is 0 Å². The minimum atomic E-state index is -3.57. The number of hydrogen-bond acceptors (Lipinski definition) is 7. The summed E-state index contributed by atoms with van der Waals surface area (Å²) in [5.41, 5.74) is 2.44. The number of ether oxygens (including phenoxy) is 1. The van der Waals surface area contributed by atoms with Gasteiger partial charge >= 0.3 is 0 Å². The molecule has 2 amide bonds. The van der Waals surface area contributed by atoms with Gasteiger partial charge in [-0.1, -0.05) is 18.2 Å². The van der Waals surface area contributed by atoms with Gasteiger partial charge in [-0.25, -0.2) is 18.4 Å². The molecule has 1 saturated heterocycles. The highest BCUT2D eigenvalue weighted by Gasteiger charge is 2.25. The Morgan fingerprint density at radius 1 is 1.08 bits per heavy atom. The third-order valence-corrected chi connectivity index (χ3v) is 7.12. The Labute approximate surface area is 207 Å². The van der Waals surface area contributed by atoms with Gasteiger partial charge in [-0.3, -0.25) is 14.2 Å². The van der Waals surface area contributed by atoms with Crippen LogP contribution in [0.4, 0.5) is 0 Å². The largest absolute Gasteiger partial charge is 0.497 e. The molecule has 0 aliphatic carbocycles. The standard InChI is InChI=1S/C25H23N5O5S/c1-35-19-5-3-4-16(10-19)18-12-27-25(28-13-18)30-14-22(36(2,33)34)20-7-6-17(11-21(20)30)24(32)29-9-8-26-23(31)15-29/h3-7,10-14H,8-9,15H2,1-2H3,(H,26,31). The molecule has 2 aromatic heterocycles. The topological polar surface area (TPSA) is 123 Å². The number of piperazine rings is 1. The third kappa shape index (κ3) is 4.40. The van der Waals surface area contributed by atoms with Crippen LogP contribution in [0.25, 0.3) is 28.0 Å². The van der Waals surface area contributed by atoms with Gasteiger partial charge in [0.15, 0.2) is 9.84 Å². The third-order valence-electron chi connectivity index (χ3n) is 6.00. The fourth-order valence-electron chi connectivity index (χ4n) is 4.18. The van der Waals surface area contributed by atoms with Crippen molar-refractivity contribution in [1.29, 1.82) is 0 Å². The van der Waals surface area contributed by atoms with E-state index in [1.807, 2.05) is 24.3 Å². The van der Waals surface area contributed by atoms with Crippen LogP contribution in [0.5, 0.6) is 5.75 Å². The minimum Gasteiger partial charge on any atom is -0.497 e. The maximum absolute atomic E-state index is 13.1. The Hall–Kier alpha value is -4.25. The van der Waals surface area contributed by atoms with E-state index in [-0.39, 0.29) is 29.2 Å². The van der Waals surface area contributed by atoms with Gasteiger partial charge in [0.25, 0.3) is 5.91 Å². The molecule has 5 rings (SSSR count). The predicted octanol–water partition coefficient (Wildman–Crippen LogP) is 2.07. The number of nitrogens with zero attached hydrogens (tertiary/aromatic N) is 4. The van der Waals surface area contributed by atoms with Crippen molar-refractivity contribution in [3.8, 4) is 22.8 Å². The van der Waals surface area contributed by atoms with E-state index < -0.39 is 9.84 Å². The molecule has 0 atom stereocenters. The summed E-state index contributed by atoms with van der Waals surface area (Å²) < 4.78 is 31.8. The smallest absolute Gasteiger partial charge is 0.254 e. The molecule has 1 aliphatic rings. The monoisotopic (exact) mass is 505 g/mol. The molecular weight excluding hydrogens is 482 g/mol. The van der Waals surface area contributed by atoms with E-state index in [1.165, 1.54) is 11.1 Å². The maximum atomic E-state index is 13.1. The first-order valence-corrected chi connectivity index (χ1v) is 13.0. The van der Waals surface area contributed by atoms with Crippen molar-refractivity contribution < 1.29 is 22.7 Å². The van der Waals surface area contributed by atoms with Crippen molar-refractivity contribution in [3.63, 3.8) is 0 Å². The summed E-state index contributed by atoms with van der Waals surface area (Å²) in [7, 11) is -1.98. The summed E-state index contributed by atoms with van der Waals surface area (Å²) in [4.78, 5) is 35.3. The van der Waals surface area contributed by atoms with Crippen LogP contribution in [0.3, 0.4) is 0 Å². The first-order chi connectivity index (χ1) is 17.2. The zero-order valence-corrected chi connectivity index (χ0v) is 20.4. The lowest BCUT2D eigenvalue weighted by atomic mass is 10.1. The summed E-state index contributed by atoms with van der Waals surface area (Å²) in [6.07, 6.45) is 5.88. The molecule has 2 aromatic carbocycles. The normalized spacial score (nSPS) is 14.1. The zero-order valence-electron chi connectivity index (χ0n) is 19.6. The number of fused-ring (bicyclic) bond motifs is 1. The Kier molecular flexibility index (Phi) is 5.92. The van der Waals surface area contributed by atoms with Crippen molar-refractivity contribution in [2.75, 3.05) is 33.0 Å². The van der Waals surface area contributed by atoms with Crippen LogP contribution in [0.2, 0.25) is 0 Å². The molecule has 184 valence electrons. The number of methoxy groups -OCH3 is 1. The lowest BCUT2D eigenvalue weighted by molar-refractivity contribution is -0.123. The van der Waals surface area contributed by atoms with Crippen molar-refractivity contribution in [2.45, 2.75) is 4.90 Å². The van der Waals surface area contributed by atoms with Crippen molar-refractivity contribution in [3.05, 3.63) is 66.6 Å². The van der Waals surface area contributed by atoms with Gasteiger partial charge in [0.2, 0.25) is 11.9 Å². The average molecular weight is 506 g/mol. The Bertz CT molecular complexity index is 1600. The fourth-order valence-corrected chi connectivity index (χ4v) is 5.05. The van der Waals surface area contributed by atoms with Crippen molar-refractivity contribution >= 4 is 32.6 Å². The highest BCUT2D eigenvalue weighted by molar-refractivity contribution is 7.91. The van der Waals surface area contributed by atoms with Gasteiger partial charge in [0, 0.05) is 54.4 Å². The van der Waals surface area contributed by atoms with Crippen molar-refractivity contribution in [1.82, 2.24) is 24.8 Å². The molecule has 0 unspecified atom stereocenters.